The predicted octanol–water partition coefficient (Wildman–Crippen LogP) is 5.64. The van der Waals surface area contributed by atoms with Crippen molar-refractivity contribution in [2.24, 2.45) is 5.92 Å². The van der Waals surface area contributed by atoms with E-state index in [1.54, 1.807) is 49.5 Å². The van der Waals surface area contributed by atoms with Crippen LogP contribution in [0.3, 0.4) is 0 Å². The van der Waals surface area contributed by atoms with Gasteiger partial charge in [0.05, 0.1) is 16.6 Å². The molecule has 1 atom stereocenters. The van der Waals surface area contributed by atoms with E-state index in [1.165, 1.54) is 16.7 Å². The van der Waals surface area contributed by atoms with Crippen molar-refractivity contribution in [2.75, 3.05) is 11.1 Å². The Hall–Kier alpha value is -4.14. The van der Waals surface area contributed by atoms with Crippen LogP contribution in [0.5, 0.6) is 0 Å². The highest BCUT2D eigenvalue weighted by Gasteiger charge is 2.35. The van der Waals surface area contributed by atoms with E-state index in [4.69, 9.17) is 5.73 Å². The summed E-state index contributed by atoms with van der Waals surface area (Å²) < 4.78 is 42.0. The first-order chi connectivity index (χ1) is 16.2. The first-order valence-corrected chi connectivity index (χ1v) is 10.6. The maximum atomic E-state index is 13.5. The Morgan fingerprint density at radius 1 is 1.15 bits per heavy atom. The Morgan fingerprint density at radius 2 is 1.97 bits per heavy atom. The number of halogens is 3. The van der Waals surface area contributed by atoms with Crippen molar-refractivity contribution in [3.05, 3.63) is 82.8 Å². The van der Waals surface area contributed by atoms with Gasteiger partial charge in [0.1, 0.15) is 11.6 Å². The van der Waals surface area contributed by atoms with E-state index in [2.05, 4.69) is 15.3 Å². The average molecular weight is 463 g/mol. The Labute approximate surface area is 192 Å². The minimum atomic E-state index is -4.50. The molecule has 1 aliphatic carbocycles. The zero-order chi connectivity index (χ0) is 24.0. The predicted molar refractivity (Wildman–Crippen MR) is 128 cm³/mol. The third kappa shape index (κ3) is 4.00. The molecule has 0 saturated heterocycles. The zero-order valence-corrected chi connectivity index (χ0v) is 18.1. The number of fused-ring (bicyclic) bond motifs is 3. The van der Waals surface area contributed by atoms with E-state index < -0.39 is 17.3 Å². The summed E-state index contributed by atoms with van der Waals surface area (Å²) in [6, 6.07) is 13.6. The smallest absolute Gasteiger partial charge is 0.384 e. The molecule has 1 aromatic carbocycles. The van der Waals surface area contributed by atoms with Gasteiger partial charge in [-0.25, -0.2) is 4.98 Å². The monoisotopic (exact) mass is 463 g/mol. The van der Waals surface area contributed by atoms with Gasteiger partial charge in [-0.2, -0.15) is 13.2 Å². The van der Waals surface area contributed by atoms with Crippen molar-refractivity contribution in [1.29, 1.82) is 0 Å². The van der Waals surface area contributed by atoms with Crippen molar-refractivity contribution >= 4 is 44.8 Å². The standard InChI is InChI=1S/C25H20F3N5O/c1-14-9-16(25(26,27)28)11-18(10-14)33-23(34)8-5-15-13-30-20-7-6-17(12-19(20)24(15)33)31-22-4-2-3-21(29)32-22/h2-9,11-14H,10H2,1H3,(H3,29,31,32). The van der Waals surface area contributed by atoms with Gasteiger partial charge in [0.2, 0.25) is 0 Å². The van der Waals surface area contributed by atoms with E-state index in [-0.39, 0.29) is 5.92 Å². The van der Waals surface area contributed by atoms with E-state index in [0.29, 0.717) is 51.2 Å². The van der Waals surface area contributed by atoms with Crippen molar-refractivity contribution in [1.82, 2.24) is 14.5 Å². The summed E-state index contributed by atoms with van der Waals surface area (Å²) in [6.45, 7) is 1.70. The lowest BCUT2D eigenvalue weighted by molar-refractivity contribution is -0.0888. The number of hydrogen-bond donors (Lipinski definition) is 2. The normalized spacial score (nSPS) is 16.4. The summed E-state index contributed by atoms with van der Waals surface area (Å²) in [5, 5.41) is 4.44. The highest BCUT2D eigenvalue weighted by atomic mass is 19.4. The number of anilines is 3. The number of nitrogens with two attached hydrogens (primary N) is 1. The number of nitrogens with zero attached hydrogens (tertiary/aromatic N) is 3. The number of allylic oxidation sites excluding steroid dienone is 4. The molecule has 6 nitrogen and oxygen atoms in total. The zero-order valence-electron chi connectivity index (χ0n) is 18.1. The summed E-state index contributed by atoms with van der Waals surface area (Å²) in [6.07, 6.45) is -0.327. The van der Waals surface area contributed by atoms with Crippen molar-refractivity contribution in [3.63, 3.8) is 0 Å². The molecule has 3 aromatic heterocycles. The molecule has 9 heteroatoms. The molecule has 172 valence electrons. The van der Waals surface area contributed by atoms with Crippen LogP contribution in [0.1, 0.15) is 13.3 Å². The van der Waals surface area contributed by atoms with Crippen molar-refractivity contribution in [2.45, 2.75) is 19.5 Å². The summed E-state index contributed by atoms with van der Waals surface area (Å²) >= 11 is 0. The Bertz CT molecular complexity index is 1550. The van der Waals surface area contributed by atoms with Gasteiger partial charge in [0.25, 0.3) is 5.56 Å². The topological polar surface area (TPSA) is 85.8 Å². The number of alkyl halides is 3. The summed E-state index contributed by atoms with van der Waals surface area (Å²) in [5.74, 6) is 0.519. The quantitative estimate of drug-likeness (QED) is 0.384. The maximum absolute atomic E-state index is 13.5. The van der Waals surface area contributed by atoms with Crippen LogP contribution in [0.4, 0.5) is 30.5 Å². The third-order valence-electron chi connectivity index (χ3n) is 5.69. The Kier molecular flexibility index (Phi) is 5.11. The molecule has 0 amide bonds. The second-order valence-corrected chi connectivity index (χ2v) is 8.31. The van der Waals surface area contributed by atoms with Gasteiger partial charge in [0.15, 0.2) is 0 Å². The lowest BCUT2D eigenvalue weighted by Crippen LogP contribution is -2.23. The maximum Gasteiger partial charge on any atom is 0.416 e. The van der Waals surface area contributed by atoms with Gasteiger partial charge in [-0.15, -0.1) is 0 Å². The van der Waals surface area contributed by atoms with Gasteiger partial charge in [0, 0.05) is 34.4 Å². The molecule has 0 radical (unpaired) electrons. The molecule has 34 heavy (non-hydrogen) atoms. The molecule has 3 heterocycles. The molecular weight excluding hydrogens is 443 g/mol. The van der Waals surface area contributed by atoms with Crippen LogP contribution >= 0.6 is 0 Å². The summed E-state index contributed by atoms with van der Waals surface area (Å²) in [4.78, 5) is 21.7. The van der Waals surface area contributed by atoms with Crippen LogP contribution in [-0.4, -0.2) is 20.7 Å². The minimum absolute atomic E-state index is 0.293. The summed E-state index contributed by atoms with van der Waals surface area (Å²) in [7, 11) is 0. The molecule has 0 aliphatic heterocycles. The van der Waals surface area contributed by atoms with Gasteiger partial charge >= 0.3 is 6.18 Å². The first kappa shape index (κ1) is 21.7. The molecule has 5 rings (SSSR count). The van der Waals surface area contributed by atoms with Crippen molar-refractivity contribution < 1.29 is 13.2 Å². The number of benzene rings is 1. The number of nitrogen functional groups attached to an aromatic ring is 1. The Morgan fingerprint density at radius 3 is 2.74 bits per heavy atom. The Balaban J connectivity index is 1.73. The molecule has 3 N–H and O–H groups in total. The number of pyridine rings is 3. The second-order valence-electron chi connectivity index (χ2n) is 8.31. The lowest BCUT2D eigenvalue weighted by atomic mass is 9.94. The number of nitrogens with one attached hydrogen (secondary N) is 1. The lowest BCUT2D eigenvalue weighted by Gasteiger charge is -2.23. The highest BCUT2D eigenvalue weighted by Crippen LogP contribution is 2.36. The summed E-state index contributed by atoms with van der Waals surface area (Å²) in [5.41, 5.74) is 6.68. The van der Waals surface area contributed by atoms with Gasteiger partial charge in [-0.3, -0.25) is 14.3 Å². The minimum Gasteiger partial charge on any atom is -0.384 e. The number of hydrogen-bond acceptors (Lipinski definition) is 5. The fourth-order valence-electron chi connectivity index (χ4n) is 4.26. The SMILES string of the molecule is CC1C=C(C(F)(F)F)C=C(n2c(=O)ccc3cnc4ccc(Nc5cccc(N)n5)cc4c32)C1. The fourth-order valence-corrected chi connectivity index (χ4v) is 4.26. The van der Waals surface area contributed by atoms with Crippen LogP contribution in [0.2, 0.25) is 0 Å². The third-order valence-corrected chi connectivity index (χ3v) is 5.69. The van der Waals surface area contributed by atoms with Crippen LogP contribution in [0.25, 0.3) is 27.5 Å². The molecule has 1 unspecified atom stereocenters. The molecule has 0 bridgehead atoms. The van der Waals surface area contributed by atoms with Crippen LogP contribution in [0.15, 0.2) is 77.2 Å². The first-order valence-electron chi connectivity index (χ1n) is 10.6. The van der Waals surface area contributed by atoms with Gasteiger partial charge in [-0.1, -0.05) is 19.1 Å². The molecule has 0 saturated carbocycles. The molecular formula is C25H20F3N5O. The molecule has 0 spiro atoms. The highest BCUT2D eigenvalue weighted by molar-refractivity contribution is 6.05. The van der Waals surface area contributed by atoms with E-state index in [9.17, 15) is 18.0 Å². The van der Waals surface area contributed by atoms with E-state index >= 15 is 0 Å². The van der Waals surface area contributed by atoms with Crippen LogP contribution in [-0.2, 0) is 0 Å². The molecule has 1 aliphatic rings. The van der Waals surface area contributed by atoms with Gasteiger partial charge in [-0.05, 0) is 54.8 Å². The number of rotatable bonds is 3. The second kappa shape index (κ2) is 8.02. The van der Waals surface area contributed by atoms with E-state index in [0.717, 1.165) is 6.08 Å². The number of aromatic nitrogens is 3. The fraction of sp³-hybridized carbons (Fsp3) is 0.160. The average Bonchev–Trinajstić information content (AvgIpc) is 2.78. The largest absolute Gasteiger partial charge is 0.416 e. The van der Waals surface area contributed by atoms with Crippen LogP contribution < -0.4 is 16.6 Å². The molecule has 4 aromatic rings. The van der Waals surface area contributed by atoms with Crippen molar-refractivity contribution in [3.8, 4) is 0 Å². The molecule has 0 fully saturated rings. The van der Waals surface area contributed by atoms with Gasteiger partial charge < -0.3 is 11.1 Å². The van der Waals surface area contributed by atoms with Crippen LogP contribution in [0, 0.1) is 5.92 Å². The van der Waals surface area contributed by atoms with E-state index in [1.807, 2.05) is 6.07 Å².